The molecule has 1 atom stereocenters. The monoisotopic (exact) mass is 410 g/mol. The number of amides is 1. The predicted molar refractivity (Wildman–Crippen MR) is 106 cm³/mol. The van der Waals surface area contributed by atoms with Crippen molar-refractivity contribution in [1.82, 2.24) is 9.62 Å². The second kappa shape index (κ2) is 8.69. The van der Waals surface area contributed by atoms with Crippen LogP contribution in [-0.4, -0.2) is 51.7 Å². The summed E-state index contributed by atoms with van der Waals surface area (Å²) < 4.78 is 25.1. The molecular weight excluding hydrogens is 384 g/mol. The van der Waals surface area contributed by atoms with E-state index >= 15 is 0 Å². The normalized spacial score (nSPS) is 20.2. The van der Waals surface area contributed by atoms with Crippen LogP contribution < -0.4 is 10.0 Å². The van der Waals surface area contributed by atoms with Crippen LogP contribution in [0.25, 0.3) is 0 Å². The highest BCUT2D eigenvalue weighted by Gasteiger charge is 2.24. The summed E-state index contributed by atoms with van der Waals surface area (Å²) in [5.41, 5.74) is 1.76. The lowest BCUT2D eigenvalue weighted by molar-refractivity contribution is -0.116. The van der Waals surface area contributed by atoms with E-state index in [2.05, 4.69) is 21.0 Å². The number of aryl methyl sites for hydroxylation is 1. The Hall–Kier alpha value is -1.47. The maximum atomic E-state index is 12.4. The quantitative estimate of drug-likeness (QED) is 0.712. The number of nitrogens with one attached hydrogen (secondary N) is 2. The highest BCUT2D eigenvalue weighted by atomic mass is 32.2. The van der Waals surface area contributed by atoms with Crippen LogP contribution in [0.15, 0.2) is 0 Å². The molecule has 2 heterocycles. The lowest BCUT2D eigenvalue weighted by Crippen LogP contribution is -2.41. The lowest BCUT2D eigenvalue weighted by atomic mass is 9.98. The second-order valence-electron chi connectivity index (χ2n) is 7.40. The first-order chi connectivity index (χ1) is 12.9. The fourth-order valence-electron chi connectivity index (χ4n) is 3.85. The molecule has 1 amide bonds. The zero-order chi connectivity index (χ0) is 19.4. The van der Waals surface area contributed by atoms with Gasteiger partial charge in [0.25, 0.3) is 0 Å². The first-order valence-electron chi connectivity index (χ1n) is 9.37. The number of nitrogens with zero attached hydrogens (tertiary/aromatic N) is 2. The van der Waals surface area contributed by atoms with E-state index in [9.17, 15) is 18.5 Å². The van der Waals surface area contributed by atoms with Crippen LogP contribution in [0.1, 0.15) is 41.7 Å². The van der Waals surface area contributed by atoms with Crippen molar-refractivity contribution in [2.45, 2.75) is 38.5 Å². The summed E-state index contributed by atoms with van der Waals surface area (Å²) >= 11 is 1.54. The molecule has 0 saturated carbocycles. The van der Waals surface area contributed by atoms with Crippen LogP contribution in [0, 0.1) is 17.2 Å². The highest BCUT2D eigenvalue weighted by molar-refractivity contribution is 7.88. The van der Waals surface area contributed by atoms with Crippen molar-refractivity contribution < 1.29 is 13.2 Å². The Morgan fingerprint density at radius 3 is 2.93 bits per heavy atom. The first-order valence-corrected chi connectivity index (χ1v) is 12.1. The number of hydrogen-bond donors (Lipinski definition) is 2. The van der Waals surface area contributed by atoms with Crippen molar-refractivity contribution in [1.29, 1.82) is 5.26 Å². The largest absolute Gasteiger partial charge is 0.317 e. The molecule has 1 fully saturated rings. The average molecular weight is 411 g/mol. The van der Waals surface area contributed by atoms with E-state index in [1.807, 2.05) is 0 Å². The van der Waals surface area contributed by atoms with Gasteiger partial charge in [-0.3, -0.25) is 4.79 Å². The van der Waals surface area contributed by atoms with Gasteiger partial charge in [-0.15, -0.1) is 11.3 Å². The molecule has 1 aliphatic heterocycles. The number of likely N-dealkylation sites (tertiary alicyclic amines) is 1. The molecule has 0 spiro atoms. The molecule has 1 aromatic rings. The minimum absolute atomic E-state index is 0.0668. The van der Waals surface area contributed by atoms with Gasteiger partial charge in [0.1, 0.15) is 11.1 Å². The van der Waals surface area contributed by atoms with Gasteiger partial charge in [-0.05, 0) is 50.1 Å². The summed E-state index contributed by atoms with van der Waals surface area (Å²) in [6.45, 7) is 2.83. The molecule has 0 aromatic carbocycles. The van der Waals surface area contributed by atoms with Crippen LogP contribution in [0.3, 0.4) is 0 Å². The number of anilines is 1. The van der Waals surface area contributed by atoms with Gasteiger partial charge in [0, 0.05) is 30.9 Å². The zero-order valence-corrected chi connectivity index (χ0v) is 17.2. The van der Waals surface area contributed by atoms with Crippen LogP contribution >= 0.6 is 11.3 Å². The molecule has 9 heteroatoms. The van der Waals surface area contributed by atoms with E-state index in [0.29, 0.717) is 30.1 Å². The van der Waals surface area contributed by atoms with Crippen LogP contribution in [-0.2, 0) is 27.7 Å². The average Bonchev–Trinajstić information content (AvgIpc) is 3.18. The summed E-state index contributed by atoms with van der Waals surface area (Å²) in [6.07, 6.45) is 6.58. The molecular formula is C18H26N4O3S2. The van der Waals surface area contributed by atoms with Crippen molar-refractivity contribution in [3.8, 4) is 6.07 Å². The van der Waals surface area contributed by atoms with Crippen molar-refractivity contribution >= 4 is 32.3 Å². The number of fused-ring (bicyclic) bond motifs is 1. The third-order valence-electron chi connectivity index (χ3n) is 5.18. The zero-order valence-electron chi connectivity index (χ0n) is 15.6. The minimum Gasteiger partial charge on any atom is -0.317 e. The Kier molecular flexibility index (Phi) is 6.52. The SMILES string of the molecule is CS(=O)(=O)NCC1CCCN(CCC(=O)Nc2sc3c(c2C#N)CCC3)C1. The minimum atomic E-state index is -3.16. The third-order valence-corrected chi connectivity index (χ3v) is 7.08. The molecule has 3 rings (SSSR count). The Morgan fingerprint density at radius 2 is 2.19 bits per heavy atom. The van der Waals surface area contributed by atoms with Crippen molar-refractivity contribution in [3.05, 3.63) is 16.0 Å². The molecule has 1 aliphatic carbocycles. The van der Waals surface area contributed by atoms with Gasteiger partial charge in [0.15, 0.2) is 0 Å². The Bertz CT molecular complexity index is 842. The number of sulfonamides is 1. The third kappa shape index (κ3) is 5.51. The topological polar surface area (TPSA) is 102 Å². The number of carbonyl (C=O) groups is 1. The predicted octanol–water partition coefficient (Wildman–Crippen LogP) is 1.70. The summed E-state index contributed by atoms with van der Waals surface area (Å²) in [6, 6.07) is 2.25. The van der Waals surface area contributed by atoms with E-state index in [1.165, 1.54) is 22.5 Å². The molecule has 27 heavy (non-hydrogen) atoms. The van der Waals surface area contributed by atoms with Crippen molar-refractivity contribution in [2.24, 2.45) is 5.92 Å². The summed E-state index contributed by atoms with van der Waals surface area (Å²) in [5.74, 6) is 0.213. The molecule has 1 unspecified atom stereocenters. The Morgan fingerprint density at radius 1 is 1.37 bits per heavy atom. The molecule has 7 nitrogen and oxygen atoms in total. The van der Waals surface area contributed by atoms with Crippen molar-refractivity contribution in [2.75, 3.05) is 37.8 Å². The molecule has 0 radical (unpaired) electrons. The van der Waals surface area contributed by atoms with Gasteiger partial charge in [-0.2, -0.15) is 5.26 Å². The summed E-state index contributed by atoms with van der Waals surface area (Å²) in [4.78, 5) is 15.8. The second-order valence-corrected chi connectivity index (χ2v) is 10.3. The molecule has 0 bridgehead atoms. The van der Waals surface area contributed by atoms with E-state index < -0.39 is 10.0 Å². The number of piperidine rings is 1. The molecule has 1 aromatic heterocycles. The van der Waals surface area contributed by atoms with Crippen LogP contribution in [0.4, 0.5) is 5.00 Å². The number of hydrogen-bond acceptors (Lipinski definition) is 6. The van der Waals surface area contributed by atoms with Crippen LogP contribution in [0.5, 0.6) is 0 Å². The van der Waals surface area contributed by atoms with E-state index in [1.54, 1.807) is 0 Å². The summed E-state index contributed by atoms with van der Waals surface area (Å²) in [7, 11) is -3.16. The highest BCUT2D eigenvalue weighted by Crippen LogP contribution is 2.38. The summed E-state index contributed by atoms with van der Waals surface area (Å²) in [5, 5.41) is 13.0. The van der Waals surface area contributed by atoms with Crippen molar-refractivity contribution in [3.63, 3.8) is 0 Å². The molecule has 2 aliphatic rings. The van der Waals surface area contributed by atoms with E-state index in [4.69, 9.17) is 0 Å². The molecule has 148 valence electrons. The Labute approximate surface area is 164 Å². The number of rotatable bonds is 7. The van der Waals surface area contributed by atoms with Gasteiger partial charge >= 0.3 is 0 Å². The van der Waals surface area contributed by atoms with E-state index in [-0.39, 0.29) is 11.8 Å². The number of nitriles is 1. The molecule has 2 N–H and O–H groups in total. The molecule has 1 saturated heterocycles. The lowest BCUT2D eigenvalue weighted by Gasteiger charge is -2.32. The van der Waals surface area contributed by atoms with Gasteiger partial charge in [-0.25, -0.2) is 13.1 Å². The van der Waals surface area contributed by atoms with Gasteiger partial charge in [0.05, 0.1) is 11.8 Å². The first kappa shape index (κ1) is 20.3. The van der Waals surface area contributed by atoms with Gasteiger partial charge < -0.3 is 10.2 Å². The van der Waals surface area contributed by atoms with Gasteiger partial charge in [-0.1, -0.05) is 0 Å². The van der Waals surface area contributed by atoms with E-state index in [0.717, 1.165) is 50.8 Å². The smallest absolute Gasteiger partial charge is 0.226 e. The van der Waals surface area contributed by atoms with Gasteiger partial charge in [0.2, 0.25) is 15.9 Å². The fraction of sp³-hybridized carbons (Fsp3) is 0.667. The Balaban J connectivity index is 1.47. The maximum absolute atomic E-state index is 12.4. The standard InChI is InChI=1S/C18H26N4O3S2/c1-27(24,25)20-11-13-4-3-8-22(12-13)9-7-17(23)21-18-15(10-19)14-5-2-6-16(14)26-18/h13,20H,2-9,11-12H2,1H3,(H,21,23). The van der Waals surface area contributed by atoms with Crippen LogP contribution in [0.2, 0.25) is 0 Å². The fourth-order valence-corrected chi connectivity index (χ4v) is 5.64. The number of thiophene rings is 1. The number of carbonyl (C=O) groups excluding carboxylic acids is 1. The maximum Gasteiger partial charge on any atom is 0.226 e.